The molecule has 1 amide bonds. The van der Waals surface area contributed by atoms with Crippen LogP contribution in [0.5, 0.6) is 0 Å². The molecule has 0 unspecified atom stereocenters. The van der Waals surface area contributed by atoms with Crippen molar-refractivity contribution in [3.8, 4) is 0 Å². The van der Waals surface area contributed by atoms with E-state index >= 15 is 0 Å². The van der Waals surface area contributed by atoms with Crippen LogP contribution < -0.4 is 5.32 Å². The molecule has 0 aliphatic heterocycles. The smallest absolute Gasteiger partial charge is 0.254 e. The maximum Gasteiger partial charge on any atom is 0.254 e. The predicted octanol–water partition coefficient (Wildman–Crippen LogP) is 2.13. The van der Waals surface area contributed by atoms with Crippen molar-refractivity contribution in [3.63, 3.8) is 0 Å². The number of nitrogens with zero attached hydrogens (tertiary/aromatic N) is 1. The number of hydrogen-bond donors (Lipinski definition) is 1. The van der Waals surface area contributed by atoms with Crippen molar-refractivity contribution >= 4 is 21.8 Å². The number of carbonyl (C=O) groups excluding carboxylic acids is 1. The van der Waals surface area contributed by atoms with Crippen molar-refractivity contribution < 1.29 is 4.79 Å². The third-order valence-corrected chi connectivity index (χ3v) is 3.06. The highest BCUT2D eigenvalue weighted by molar-refractivity contribution is 9.10. The van der Waals surface area contributed by atoms with Gasteiger partial charge in [0, 0.05) is 18.1 Å². The van der Waals surface area contributed by atoms with Gasteiger partial charge in [-0.05, 0) is 48.1 Å². The lowest BCUT2D eigenvalue weighted by molar-refractivity contribution is 0.0793. The monoisotopic (exact) mass is 284 g/mol. The van der Waals surface area contributed by atoms with Gasteiger partial charge in [0.15, 0.2) is 0 Å². The summed E-state index contributed by atoms with van der Waals surface area (Å²) in [6.07, 6.45) is 0.962. The van der Waals surface area contributed by atoms with Crippen LogP contribution in [0.2, 0.25) is 0 Å². The van der Waals surface area contributed by atoms with Crippen LogP contribution in [0.25, 0.3) is 0 Å². The second-order valence-electron chi connectivity index (χ2n) is 3.66. The Kier molecular flexibility index (Phi) is 5.49. The van der Waals surface area contributed by atoms with Crippen LogP contribution in [-0.2, 0) is 0 Å². The summed E-state index contributed by atoms with van der Waals surface area (Å²) in [6.45, 7) is 1.69. The number of halogens is 1. The molecule has 0 aromatic heterocycles. The molecule has 1 aromatic carbocycles. The van der Waals surface area contributed by atoms with Crippen LogP contribution in [0.3, 0.4) is 0 Å². The summed E-state index contributed by atoms with van der Waals surface area (Å²) in [7, 11) is 3.74. The fraction of sp³-hybridized carbons (Fsp3) is 0.417. The number of benzene rings is 1. The molecular weight excluding hydrogens is 268 g/mol. The Hall–Kier alpha value is -0.870. The second kappa shape index (κ2) is 6.66. The highest BCUT2D eigenvalue weighted by Crippen LogP contribution is 2.17. The Labute approximate surface area is 105 Å². The first-order valence-electron chi connectivity index (χ1n) is 5.31. The Balaban J connectivity index is 2.60. The van der Waals surface area contributed by atoms with Gasteiger partial charge in [-0.2, -0.15) is 0 Å². The molecule has 0 atom stereocenters. The first-order valence-corrected chi connectivity index (χ1v) is 6.10. The van der Waals surface area contributed by atoms with Crippen LogP contribution in [0, 0.1) is 0 Å². The number of rotatable bonds is 5. The summed E-state index contributed by atoms with van der Waals surface area (Å²) in [5.41, 5.74) is 0.717. The summed E-state index contributed by atoms with van der Waals surface area (Å²) in [4.78, 5) is 13.8. The van der Waals surface area contributed by atoms with Crippen LogP contribution in [0.15, 0.2) is 28.7 Å². The lowest BCUT2D eigenvalue weighted by Crippen LogP contribution is -2.29. The Morgan fingerprint density at radius 3 is 2.75 bits per heavy atom. The SMILES string of the molecule is CNCCCN(C)C(=O)c1ccccc1Br. The molecule has 0 saturated heterocycles. The lowest BCUT2D eigenvalue weighted by Gasteiger charge is -2.17. The van der Waals surface area contributed by atoms with Gasteiger partial charge < -0.3 is 10.2 Å². The maximum atomic E-state index is 12.0. The maximum absolute atomic E-state index is 12.0. The quantitative estimate of drug-likeness (QED) is 0.841. The van der Waals surface area contributed by atoms with Crippen molar-refractivity contribution in [2.45, 2.75) is 6.42 Å². The van der Waals surface area contributed by atoms with Gasteiger partial charge in [-0.1, -0.05) is 12.1 Å². The lowest BCUT2D eigenvalue weighted by atomic mass is 10.2. The van der Waals surface area contributed by atoms with Gasteiger partial charge in [0.05, 0.1) is 5.56 Å². The average Bonchev–Trinajstić information content (AvgIpc) is 2.29. The van der Waals surface area contributed by atoms with E-state index in [0.717, 1.165) is 29.5 Å². The van der Waals surface area contributed by atoms with E-state index < -0.39 is 0 Å². The molecule has 16 heavy (non-hydrogen) atoms. The van der Waals surface area contributed by atoms with Gasteiger partial charge in [0.2, 0.25) is 0 Å². The van der Waals surface area contributed by atoms with Crippen molar-refractivity contribution in [2.24, 2.45) is 0 Å². The Bertz CT molecular complexity index is 355. The van der Waals surface area contributed by atoms with Gasteiger partial charge in [0.25, 0.3) is 5.91 Å². The molecule has 3 nitrogen and oxygen atoms in total. The van der Waals surface area contributed by atoms with E-state index in [1.807, 2.05) is 38.4 Å². The fourth-order valence-corrected chi connectivity index (χ4v) is 1.89. The molecule has 0 radical (unpaired) electrons. The van der Waals surface area contributed by atoms with Gasteiger partial charge in [-0.15, -0.1) is 0 Å². The van der Waals surface area contributed by atoms with Gasteiger partial charge in [-0.25, -0.2) is 0 Å². The van der Waals surface area contributed by atoms with Crippen molar-refractivity contribution in [3.05, 3.63) is 34.3 Å². The van der Waals surface area contributed by atoms with Crippen LogP contribution in [-0.4, -0.2) is 38.0 Å². The minimum atomic E-state index is 0.0589. The Morgan fingerprint density at radius 1 is 1.44 bits per heavy atom. The molecular formula is C12H17BrN2O. The molecule has 4 heteroatoms. The van der Waals surface area contributed by atoms with Crippen LogP contribution >= 0.6 is 15.9 Å². The van der Waals surface area contributed by atoms with Crippen LogP contribution in [0.1, 0.15) is 16.8 Å². The minimum absolute atomic E-state index is 0.0589. The number of hydrogen-bond acceptors (Lipinski definition) is 2. The topological polar surface area (TPSA) is 32.3 Å². The Morgan fingerprint density at radius 2 is 2.12 bits per heavy atom. The van der Waals surface area contributed by atoms with E-state index in [4.69, 9.17) is 0 Å². The highest BCUT2D eigenvalue weighted by atomic mass is 79.9. The standard InChI is InChI=1S/C12H17BrN2O/c1-14-8-5-9-15(2)12(16)10-6-3-4-7-11(10)13/h3-4,6-7,14H,5,8-9H2,1-2H3. The van der Waals surface area contributed by atoms with Crippen molar-refractivity contribution in [1.82, 2.24) is 10.2 Å². The van der Waals surface area contributed by atoms with Gasteiger partial charge >= 0.3 is 0 Å². The molecule has 0 bridgehead atoms. The zero-order chi connectivity index (χ0) is 12.0. The molecule has 0 heterocycles. The van der Waals surface area contributed by atoms with E-state index in [1.165, 1.54) is 0 Å². The summed E-state index contributed by atoms with van der Waals surface area (Å²) < 4.78 is 0.848. The predicted molar refractivity (Wildman–Crippen MR) is 69.6 cm³/mol. The van der Waals surface area contributed by atoms with Crippen molar-refractivity contribution in [1.29, 1.82) is 0 Å². The summed E-state index contributed by atoms with van der Waals surface area (Å²) in [5.74, 6) is 0.0589. The van der Waals surface area contributed by atoms with E-state index in [-0.39, 0.29) is 5.91 Å². The van der Waals surface area contributed by atoms with E-state index in [9.17, 15) is 4.79 Å². The number of nitrogens with one attached hydrogen (secondary N) is 1. The first kappa shape index (κ1) is 13.2. The van der Waals surface area contributed by atoms with Crippen LogP contribution in [0.4, 0.5) is 0 Å². The highest BCUT2D eigenvalue weighted by Gasteiger charge is 2.13. The van der Waals surface area contributed by atoms with Gasteiger partial charge in [-0.3, -0.25) is 4.79 Å². The largest absolute Gasteiger partial charge is 0.342 e. The molecule has 0 saturated carbocycles. The third kappa shape index (κ3) is 3.61. The fourth-order valence-electron chi connectivity index (χ4n) is 1.43. The molecule has 1 N–H and O–H groups in total. The molecule has 0 aliphatic carbocycles. The normalized spacial score (nSPS) is 10.2. The number of carbonyl (C=O) groups is 1. The zero-order valence-electron chi connectivity index (χ0n) is 9.66. The molecule has 88 valence electrons. The average molecular weight is 285 g/mol. The van der Waals surface area contributed by atoms with Crippen molar-refractivity contribution in [2.75, 3.05) is 27.2 Å². The summed E-state index contributed by atoms with van der Waals surface area (Å²) in [5, 5.41) is 3.07. The molecule has 1 aromatic rings. The second-order valence-corrected chi connectivity index (χ2v) is 4.52. The summed E-state index contributed by atoms with van der Waals surface area (Å²) in [6, 6.07) is 7.50. The van der Waals surface area contributed by atoms with E-state index in [2.05, 4.69) is 21.2 Å². The first-order chi connectivity index (χ1) is 7.66. The molecule has 0 fully saturated rings. The number of amides is 1. The van der Waals surface area contributed by atoms with E-state index in [1.54, 1.807) is 4.90 Å². The zero-order valence-corrected chi connectivity index (χ0v) is 11.3. The molecule has 1 rings (SSSR count). The summed E-state index contributed by atoms with van der Waals surface area (Å²) >= 11 is 3.39. The molecule has 0 spiro atoms. The minimum Gasteiger partial charge on any atom is -0.342 e. The van der Waals surface area contributed by atoms with E-state index in [0.29, 0.717) is 0 Å². The third-order valence-electron chi connectivity index (χ3n) is 2.37. The molecule has 0 aliphatic rings. The van der Waals surface area contributed by atoms with Gasteiger partial charge in [0.1, 0.15) is 0 Å².